The van der Waals surface area contributed by atoms with Crippen molar-refractivity contribution in [3.63, 3.8) is 0 Å². The smallest absolute Gasteiger partial charge is 0.312 e. The van der Waals surface area contributed by atoms with E-state index in [1.165, 1.54) is 0 Å². The van der Waals surface area contributed by atoms with Gasteiger partial charge in [-0.1, -0.05) is 48.0 Å². The van der Waals surface area contributed by atoms with Crippen LogP contribution in [0.2, 0.25) is 0 Å². The van der Waals surface area contributed by atoms with Crippen molar-refractivity contribution < 1.29 is 19.1 Å². The molecule has 1 heterocycles. The molecule has 1 aliphatic rings. The molecule has 1 fully saturated rings. The average molecular weight is 365 g/mol. The Kier molecular flexibility index (Phi) is 5.40. The number of esters is 1. The first kappa shape index (κ1) is 18.8. The van der Waals surface area contributed by atoms with Crippen molar-refractivity contribution in [3.05, 3.63) is 65.2 Å². The summed E-state index contributed by atoms with van der Waals surface area (Å²) in [5.41, 5.74) is 3.42. The first-order valence-corrected chi connectivity index (χ1v) is 9.04. The molecule has 5 heteroatoms. The lowest BCUT2D eigenvalue weighted by Gasteiger charge is -2.20. The Labute approximate surface area is 158 Å². The number of ketones is 1. The summed E-state index contributed by atoms with van der Waals surface area (Å²) in [7, 11) is 0. The van der Waals surface area contributed by atoms with Gasteiger partial charge in [0.2, 0.25) is 11.7 Å². The molecule has 0 radical (unpaired) electrons. The molecule has 140 valence electrons. The molecule has 27 heavy (non-hydrogen) atoms. The van der Waals surface area contributed by atoms with Crippen LogP contribution in [0.25, 0.3) is 0 Å². The number of hydrogen-bond donors (Lipinski definition) is 0. The van der Waals surface area contributed by atoms with Crippen LogP contribution in [0.3, 0.4) is 0 Å². The number of hydrogen-bond acceptors (Lipinski definition) is 4. The average Bonchev–Trinajstić information content (AvgIpc) is 3.03. The summed E-state index contributed by atoms with van der Waals surface area (Å²) in [5.74, 6) is -1.43. The van der Waals surface area contributed by atoms with Crippen molar-refractivity contribution in [1.82, 2.24) is 0 Å². The molecule has 1 aliphatic heterocycles. The fourth-order valence-electron chi connectivity index (χ4n) is 3.37. The van der Waals surface area contributed by atoms with Crippen LogP contribution in [-0.2, 0) is 14.3 Å². The molecule has 2 aromatic carbocycles. The Morgan fingerprint density at radius 1 is 1.11 bits per heavy atom. The van der Waals surface area contributed by atoms with Crippen LogP contribution in [0.15, 0.2) is 48.5 Å². The summed E-state index contributed by atoms with van der Waals surface area (Å²) in [6.45, 7) is 5.77. The predicted molar refractivity (Wildman–Crippen MR) is 103 cm³/mol. The maximum atomic E-state index is 12.5. The van der Waals surface area contributed by atoms with E-state index in [2.05, 4.69) is 0 Å². The highest BCUT2D eigenvalue weighted by atomic mass is 16.5. The Morgan fingerprint density at radius 3 is 2.48 bits per heavy atom. The van der Waals surface area contributed by atoms with Gasteiger partial charge < -0.3 is 9.64 Å². The lowest BCUT2D eigenvalue weighted by Crippen LogP contribution is -2.30. The zero-order chi connectivity index (χ0) is 19.6. The minimum atomic E-state index is -0.884. The highest BCUT2D eigenvalue weighted by molar-refractivity contribution is 6.02. The molecular formula is C22H23NO4. The van der Waals surface area contributed by atoms with Gasteiger partial charge in [0.25, 0.3) is 0 Å². The zero-order valence-corrected chi connectivity index (χ0v) is 15.8. The molecule has 0 N–H and O–H groups in total. The van der Waals surface area contributed by atoms with Crippen LogP contribution in [0.1, 0.15) is 34.8 Å². The van der Waals surface area contributed by atoms with Gasteiger partial charge in [0.15, 0.2) is 6.10 Å². The van der Waals surface area contributed by atoms with Crippen molar-refractivity contribution in [2.24, 2.45) is 5.92 Å². The standard InChI is InChI=1S/C22H23NO4/c1-14-9-10-19(15(2)11-14)23-13-18(12-20(23)24)22(26)27-16(3)21(25)17-7-5-4-6-8-17/h4-11,16,18H,12-13H2,1-3H3/t16-,18+/m1/s1. The van der Waals surface area contributed by atoms with Gasteiger partial charge in [-0.25, -0.2) is 0 Å². The van der Waals surface area contributed by atoms with Crippen LogP contribution in [-0.4, -0.2) is 30.3 Å². The summed E-state index contributed by atoms with van der Waals surface area (Å²) in [5, 5.41) is 0. The van der Waals surface area contributed by atoms with Crippen molar-refractivity contribution in [2.75, 3.05) is 11.4 Å². The number of carbonyl (C=O) groups is 3. The first-order valence-electron chi connectivity index (χ1n) is 9.04. The lowest BCUT2D eigenvalue weighted by atomic mass is 10.1. The molecule has 0 aromatic heterocycles. The molecule has 0 unspecified atom stereocenters. The van der Waals surface area contributed by atoms with E-state index in [1.54, 1.807) is 36.1 Å². The number of ether oxygens (including phenoxy) is 1. The Balaban J connectivity index is 1.66. The third kappa shape index (κ3) is 4.08. The van der Waals surface area contributed by atoms with E-state index >= 15 is 0 Å². The highest BCUT2D eigenvalue weighted by Gasteiger charge is 2.37. The van der Waals surface area contributed by atoms with E-state index in [1.807, 2.05) is 38.1 Å². The van der Waals surface area contributed by atoms with Crippen LogP contribution >= 0.6 is 0 Å². The summed E-state index contributed by atoms with van der Waals surface area (Å²) >= 11 is 0. The molecule has 0 aliphatic carbocycles. The van der Waals surface area contributed by atoms with Gasteiger partial charge in [-0.2, -0.15) is 0 Å². The number of carbonyl (C=O) groups excluding carboxylic acids is 3. The number of nitrogens with zero attached hydrogens (tertiary/aromatic N) is 1. The van der Waals surface area contributed by atoms with E-state index in [9.17, 15) is 14.4 Å². The van der Waals surface area contributed by atoms with Gasteiger partial charge in [0.1, 0.15) is 0 Å². The number of anilines is 1. The first-order chi connectivity index (χ1) is 12.9. The Bertz CT molecular complexity index is 875. The molecule has 0 saturated carbocycles. The van der Waals surface area contributed by atoms with Crippen LogP contribution < -0.4 is 4.90 Å². The molecule has 1 amide bonds. The minimum Gasteiger partial charge on any atom is -0.454 e. The monoisotopic (exact) mass is 365 g/mol. The number of amides is 1. The van der Waals surface area contributed by atoms with Gasteiger partial charge in [-0.15, -0.1) is 0 Å². The molecule has 5 nitrogen and oxygen atoms in total. The fourth-order valence-corrected chi connectivity index (χ4v) is 3.37. The van der Waals surface area contributed by atoms with E-state index < -0.39 is 18.0 Å². The van der Waals surface area contributed by atoms with Crippen molar-refractivity contribution in [2.45, 2.75) is 33.3 Å². The second kappa shape index (κ2) is 7.74. The van der Waals surface area contributed by atoms with Gasteiger partial charge in [-0.3, -0.25) is 14.4 Å². The molecule has 1 saturated heterocycles. The number of rotatable bonds is 5. The van der Waals surface area contributed by atoms with E-state index in [0.29, 0.717) is 5.56 Å². The Morgan fingerprint density at radius 2 is 1.81 bits per heavy atom. The molecule has 0 bridgehead atoms. The van der Waals surface area contributed by atoms with Gasteiger partial charge >= 0.3 is 5.97 Å². The van der Waals surface area contributed by atoms with Crippen molar-refractivity contribution >= 4 is 23.3 Å². The second-order valence-corrected chi connectivity index (χ2v) is 7.00. The lowest BCUT2D eigenvalue weighted by molar-refractivity contribution is -0.151. The van der Waals surface area contributed by atoms with Gasteiger partial charge in [-0.05, 0) is 32.4 Å². The van der Waals surface area contributed by atoms with E-state index in [0.717, 1.165) is 16.8 Å². The van der Waals surface area contributed by atoms with E-state index in [4.69, 9.17) is 4.74 Å². The molecule has 0 spiro atoms. The van der Waals surface area contributed by atoms with Crippen LogP contribution in [0, 0.1) is 19.8 Å². The van der Waals surface area contributed by atoms with Crippen LogP contribution in [0.5, 0.6) is 0 Å². The third-order valence-electron chi connectivity index (χ3n) is 4.82. The van der Waals surface area contributed by atoms with Crippen LogP contribution in [0.4, 0.5) is 5.69 Å². The molecule has 2 aromatic rings. The summed E-state index contributed by atoms with van der Waals surface area (Å²) in [4.78, 5) is 38.9. The highest BCUT2D eigenvalue weighted by Crippen LogP contribution is 2.29. The Hall–Kier alpha value is -2.95. The fraction of sp³-hybridized carbons (Fsp3) is 0.318. The topological polar surface area (TPSA) is 63.7 Å². The summed E-state index contributed by atoms with van der Waals surface area (Å²) in [6, 6.07) is 14.6. The third-order valence-corrected chi connectivity index (χ3v) is 4.82. The summed E-state index contributed by atoms with van der Waals surface area (Å²) in [6.07, 6.45) is -0.788. The number of benzene rings is 2. The predicted octanol–water partition coefficient (Wildman–Crippen LogP) is 3.47. The SMILES string of the molecule is Cc1ccc(N2C[C@@H](C(=O)O[C@H](C)C(=O)c3ccccc3)CC2=O)c(C)c1. The maximum Gasteiger partial charge on any atom is 0.312 e. The molecular weight excluding hydrogens is 342 g/mol. The normalized spacial score (nSPS) is 17.7. The van der Waals surface area contributed by atoms with Gasteiger partial charge in [0, 0.05) is 24.2 Å². The number of Topliss-reactive ketones (excluding diaryl/α,β-unsaturated/α-hetero) is 1. The largest absolute Gasteiger partial charge is 0.454 e. The minimum absolute atomic E-state index is 0.0956. The molecule has 2 atom stereocenters. The zero-order valence-electron chi connectivity index (χ0n) is 15.8. The quantitative estimate of drug-likeness (QED) is 0.601. The van der Waals surface area contributed by atoms with E-state index in [-0.39, 0.29) is 24.7 Å². The second-order valence-electron chi connectivity index (χ2n) is 7.00. The van der Waals surface area contributed by atoms with Crippen molar-refractivity contribution in [1.29, 1.82) is 0 Å². The number of aryl methyl sites for hydroxylation is 2. The molecule has 3 rings (SSSR count). The van der Waals surface area contributed by atoms with Crippen molar-refractivity contribution in [3.8, 4) is 0 Å². The summed E-state index contributed by atoms with van der Waals surface area (Å²) < 4.78 is 5.37. The maximum absolute atomic E-state index is 12.5. The van der Waals surface area contributed by atoms with Gasteiger partial charge in [0.05, 0.1) is 5.92 Å².